The molecule has 3 aromatic rings. The highest BCUT2D eigenvalue weighted by Gasteiger charge is 2.16. The SMILES string of the molecule is CC(C)(C)CNc1cc(Nc2ccccc2N2CCOCC2)nc2ccccc12. The Morgan fingerprint density at radius 2 is 1.69 bits per heavy atom. The van der Waals surface area contributed by atoms with Crippen molar-refractivity contribution in [3.8, 4) is 0 Å². The van der Waals surface area contributed by atoms with Crippen LogP contribution in [-0.2, 0) is 4.74 Å². The third-order valence-corrected chi connectivity index (χ3v) is 5.04. The average Bonchev–Trinajstić information content (AvgIpc) is 2.72. The van der Waals surface area contributed by atoms with Crippen molar-refractivity contribution in [1.82, 2.24) is 4.98 Å². The van der Waals surface area contributed by atoms with Crippen molar-refractivity contribution in [1.29, 1.82) is 0 Å². The molecule has 29 heavy (non-hydrogen) atoms. The summed E-state index contributed by atoms with van der Waals surface area (Å²) in [4.78, 5) is 7.23. The Morgan fingerprint density at radius 3 is 2.48 bits per heavy atom. The zero-order valence-electron chi connectivity index (χ0n) is 17.5. The van der Waals surface area contributed by atoms with Crippen molar-refractivity contribution in [3.63, 3.8) is 0 Å². The van der Waals surface area contributed by atoms with Crippen LogP contribution in [0, 0.1) is 5.41 Å². The van der Waals surface area contributed by atoms with E-state index in [9.17, 15) is 0 Å². The first kappa shape index (κ1) is 19.5. The Hall–Kier alpha value is -2.79. The van der Waals surface area contributed by atoms with Crippen LogP contribution in [0.3, 0.4) is 0 Å². The number of morpholine rings is 1. The van der Waals surface area contributed by atoms with Gasteiger partial charge in [0.15, 0.2) is 0 Å². The Morgan fingerprint density at radius 1 is 0.966 bits per heavy atom. The van der Waals surface area contributed by atoms with Crippen molar-refractivity contribution < 1.29 is 4.74 Å². The van der Waals surface area contributed by atoms with Crippen LogP contribution >= 0.6 is 0 Å². The molecule has 1 fully saturated rings. The molecular weight excluding hydrogens is 360 g/mol. The standard InChI is InChI=1S/C24H30N4O/c1-24(2,3)17-25-21-16-23(26-19-9-5-4-8-18(19)21)27-20-10-6-7-11-22(20)28-12-14-29-15-13-28/h4-11,16H,12-15,17H2,1-3H3,(H2,25,26,27). The van der Waals surface area contributed by atoms with Gasteiger partial charge in [-0.15, -0.1) is 0 Å². The number of pyridine rings is 1. The maximum atomic E-state index is 5.51. The fourth-order valence-corrected chi connectivity index (χ4v) is 3.54. The number of aromatic nitrogens is 1. The Balaban J connectivity index is 1.66. The Kier molecular flexibility index (Phi) is 5.58. The lowest BCUT2D eigenvalue weighted by molar-refractivity contribution is 0.123. The fraction of sp³-hybridized carbons (Fsp3) is 0.375. The number of nitrogens with zero attached hydrogens (tertiary/aromatic N) is 2. The molecule has 1 aromatic heterocycles. The van der Waals surface area contributed by atoms with Gasteiger partial charge in [0.1, 0.15) is 5.82 Å². The Bertz CT molecular complexity index is 974. The number of hydrogen-bond acceptors (Lipinski definition) is 5. The summed E-state index contributed by atoms with van der Waals surface area (Å²) in [7, 11) is 0. The molecular formula is C24H30N4O. The number of rotatable bonds is 5. The molecule has 2 aromatic carbocycles. The molecule has 0 unspecified atom stereocenters. The lowest BCUT2D eigenvalue weighted by Gasteiger charge is -2.30. The number of benzene rings is 2. The highest BCUT2D eigenvalue weighted by atomic mass is 16.5. The van der Waals surface area contributed by atoms with Crippen LogP contribution in [0.1, 0.15) is 20.8 Å². The van der Waals surface area contributed by atoms with Crippen LogP contribution < -0.4 is 15.5 Å². The van der Waals surface area contributed by atoms with Crippen LogP contribution in [0.5, 0.6) is 0 Å². The molecule has 0 radical (unpaired) electrons. The summed E-state index contributed by atoms with van der Waals surface area (Å²) < 4.78 is 5.51. The monoisotopic (exact) mass is 390 g/mol. The van der Waals surface area contributed by atoms with Crippen molar-refractivity contribution in [2.24, 2.45) is 5.41 Å². The second-order valence-corrected chi connectivity index (χ2v) is 8.73. The molecule has 1 saturated heterocycles. The van der Waals surface area contributed by atoms with E-state index in [0.29, 0.717) is 0 Å². The largest absolute Gasteiger partial charge is 0.384 e. The van der Waals surface area contributed by atoms with Crippen molar-refractivity contribution >= 4 is 33.8 Å². The molecule has 0 atom stereocenters. The number of fused-ring (bicyclic) bond motifs is 1. The van der Waals surface area contributed by atoms with Gasteiger partial charge in [0.05, 0.1) is 30.1 Å². The van der Waals surface area contributed by atoms with Crippen LogP contribution in [0.15, 0.2) is 54.6 Å². The molecule has 1 aliphatic heterocycles. The topological polar surface area (TPSA) is 49.4 Å². The van der Waals surface area contributed by atoms with E-state index in [1.165, 1.54) is 5.69 Å². The maximum absolute atomic E-state index is 5.51. The van der Waals surface area contributed by atoms with E-state index in [1.54, 1.807) is 0 Å². The van der Waals surface area contributed by atoms with Gasteiger partial charge in [0.2, 0.25) is 0 Å². The molecule has 5 nitrogen and oxygen atoms in total. The molecule has 1 aliphatic rings. The van der Waals surface area contributed by atoms with E-state index < -0.39 is 0 Å². The van der Waals surface area contributed by atoms with Gasteiger partial charge < -0.3 is 20.3 Å². The molecule has 2 heterocycles. The van der Waals surface area contributed by atoms with E-state index in [0.717, 1.165) is 60.9 Å². The minimum absolute atomic E-state index is 0.195. The second kappa shape index (κ2) is 8.29. The van der Waals surface area contributed by atoms with E-state index in [1.807, 2.05) is 6.07 Å². The minimum Gasteiger partial charge on any atom is -0.384 e. The highest BCUT2D eigenvalue weighted by Crippen LogP contribution is 2.32. The van der Waals surface area contributed by atoms with Crippen LogP contribution in [0.25, 0.3) is 10.9 Å². The normalized spacial score (nSPS) is 14.8. The first-order valence-electron chi connectivity index (χ1n) is 10.3. The Labute approximate surface area is 173 Å². The number of ether oxygens (including phenoxy) is 1. The van der Waals surface area contributed by atoms with Gasteiger partial charge in [-0.3, -0.25) is 0 Å². The van der Waals surface area contributed by atoms with E-state index in [2.05, 4.69) is 84.8 Å². The predicted octanol–water partition coefficient (Wildman–Crippen LogP) is 5.27. The molecule has 2 N–H and O–H groups in total. The van der Waals surface area contributed by atoms with Gasteiger partial charge >= 0.3 is 0 Å². The van der Waals surface area contributed by atoms with Crippen molar-refractivity contribution in [2.45, 2.75) is 20.8 Å². The molecule has 0 amide bonds. The molecule has 4 rings (SSSR count). The predicted molar refractivity (Wildman–Crippen MR) is 122 cm³/mol. The summed E-state index contributed by atoms with van der Waals surface area (Å²) in [5.74, 6) is 0.848. The van der Waals surface area contributed by atoms with Gasteiger partial charge in [0.25, 0.3) is 0 Å². The molecule has 0 saturated carbocycles. The number of hydrogen-bond donors (Lipinski definition) is 2. The molecule has 0 aliphatic carbocycles. The summed E-state index contributed by atoms with van der Waals surface area (Å²) >= 11 is 0. The maximum Gasteiger partial charge on any atom is 0.133 e. The highest BCUT2D eigenvalue weighted by molar-refractivity contribution is 5.93. The van der Waals surface area contributed by atoms with Gasteiger partial charge in [-0.25, -0.2) is 4.98 Å². The first-order valence-corrected chi connectivity index (χ1v) is 10.3. The van der Waals surface area contributed by atoms with E-state index in [4.69, 9.17) is 9.72 Å². The van der Waals surface area contributed by atoms with Gasteiger partial charge in [-0.05, 0) is 23.6 Å². The number of nitrogens with one attached hydrogen (secondary N) is 2. The van der Waals surface area contributed by atoms with Gasteiger partial charge in [-0.2, -0.15) is 0 Å². The third kappa shape index (κ3) is 4.80. The average molecular weight is 391 g/mol. The van der Waals surface area contributed by atoms with Crippen LogP contribution in [0.4, 0.5) is 22.9 Å². The molecule has 0 spiro atoms. The van der Waals surface area contributed by atoms with Gasteiger partial charge in [0, 0.05) is 36.8 Å². The van der Waals surface area contributed by atoms with Crippen LogP contribution in [-0.4, -0.2) is 37.8 Å². The summed E-state index contributed by atoms with van der Waals surface area (Å²) in [5, 5.41) is 8.33. The fourth-order valence-electron chi connectivity index (χ4n) is 3.54. The zero-order chi connectivity index (χ0) is 20.3. The summed E-state index contributed by atoms with van der Waals surface area (Å²) in [6.07, 6.45) is 0. The number of anilines is 4. The van der Waals surface area contributed by atoms with Crippen molar-refractivity contribution in [3.05, 3.63) is 54.6 Å². The summed E-state index contributed by atoms with van der Waals surface area (Å²) in [6.45, 7) is 10.9. The van der Waals surface area contributed by atoms with Crippen molar-refractivity contribution in [2.75, 3.05) is 48.4 Å². The van der Waals surface area contributed by atoms with E-state index >= 15 is 0 Å². The molecule has 5 heteroatoms. The third-order valence-electron chi connectivity index (χ3n) is 5.04. The van der Waals surface area contributed by atoms with Gasteiger partial charge in [-0.1, -0.05) is 51.1 Å². The molecule has 0 bridgehead atoms. The zero-order valence-corrected chi connectivity index (χ0v) is 17.5. The smallest absolute Gasteiger partial charge is 0.133 e. The lowest BCUT2D eigenvalue weighted by Crippen LogP contribution is -2.36. The summed E-state index contributed by atoms with van der Waals surface area (Å²) in [6, 6.07) is 18.8. The summed E-state index contributed by atoms with van der Waals surface area (Å²) in [5.41, 5.74) is 4.55. The number of para-hydroxylation sites is 3. The molecule has 152 valence electrons. The first-order chi connectivity index (χ1) is 14.0. The lowest BCUT2D eigenvalue weighted by atomic mass is 9.97. The minimum atomic E-state index is 0.195. The van der Waals surface area contributed by atoms with Crippen LogP contribution in [0.2, 0.25) is 0 Å². The second-order valence-electron chi connectivity index (χ2n) is 8.73. The quantitative estimate of drug-likeness (QED) is 0.621. The van der Waals surface area contributed by atoms with E-state index in [-0.39, 0.29) is 5.41 Å².